The Hall–Kier alpha value is -2.31. The van der Waals surface area contributed by atoms with Gasteiger partial charge in [0.15, 0.2) is 0 Å². The lowest BCUT2D eigenvalue weighted by molar-refractivity contribution is -0.123. The number of carbonyl (C=O) groups excluding carboxylic acids is 2. The van der Waals surface area contributed by atoms with Gasteiger partial charge < -0.3 is 20.1 Å². The summed E-state index contributed by atoms with van der Waals surface area (Å²) in [6, 6.07) is 1.67. The van der Waals surface area contributed by atoms with E-state index in [9.17, 15) is 9.59 Å². The number of ether oxygens (including phenoxy) is 2. The van der Waals surface area contributed by atoms with E-state index in [4.69, 9.17) is 15.2 Å². The van der Waals surface area contributed by atoms with Gasteiger partial charge in [0.2, 0.25) is 5.88 Å². The maximum Gasteiger partial charge on any atom is 0.410 e. The molecule has 1 amide bonds. The number of aromatic nitrogens is 1. The predicted molar refractivity (Wildman–Crippen MR) is 85.4 cm³/mol. The van der Waals surface area contributed by atoms with E-state index in [-0.39, 0.29) is 18.7 Å². The first-order chi connectivity index (χ1) is 10.7. The summed E-state index contributed by atoms with van der Waals surface area (Å²) in [5.41, 5.74) is 6.34. The van der Waals surface area contributed by atoms with E-state index in [2.05, 4.69) is 4.98 Å². The van der Waals surface area contributed by atoms with E-state index in [1.807, 2.05) is 20.8 Å². The minimum Gasteiger partial charge on any atom is -0.480 e. The van der Waals surface area contributed by atoms with Gasteiger partial charge in [-0.2, -0.15) is 0 Å². The van der Waals surface area contributed by atoms with Crippen LogP contribution in [0.4, 0.5) is 10.5 Å². The predicted octanol–water partition coefficient (Wildman–Crippen LogP) is 1.97. The van der Waals surface area contributed by atoms with Gasteiger partial charge in [-0.25, -0.2) is 9.78 Å². The number of hydrogen-bond donors (Lipinski definition) is 1. The molecule has 2 N–H and O–H groups in total. The first-order valence-electron chi connectivity index (χ1n) is 7.51. The Labute approximate surface area is 135 Å². The van der Waals surface area contributed by atoms with Crippen molar-refractivity contribution in [1.82, 2.24) is 9.88 Å². The highest BCUT2D eigenvalue weighted by atomic mass is 16.6. The summed E-state index contributed by atoms with van der Waals surface area (Å²) in [5, 5.41) is 0. The smallest absolute Gasteiger partial charge is 0.410 e. The van der Waals surface area contributed by atoms with Crippen LogP contribution in [0.25, 0.3) is 0 Å². The summed E-state index contributed by atoms with van der Waals surface area (Å²) >= 11 is 0. The van der Waals surface area contributed by atoms with Crippen LogP contribution in [0.1, 0.15) is 38.7 Å². The monoisotopic (exact) mass is 321 g/mol. The lowest BCUT2D eigenvalue weighted by Crippen LogP contribution is -2.45. The molecule has 2 heterocycles. The number of nitrogens with two attached hydrogens (primary N) is 1. The van der Waals surface area contributed by atoms with Gasteiger partial charge in [0.1, 0.15) is 11.4 Å². The zero-order valence-electron chi connectivity index (χ0n) is 14.0. The minimum atomic E-state index is -0.569. The van der Waals surface area contributed by atoms with Crippen LogP contribution in [0.2, 0.25) is 0 Å². The zero-order valence-corrected chi connectivity index (χ0v) is 14.0. The number of piperidine rings is 1. The third-order valence-electron chi connectivity index (χ3n) is 3.57. The number of amides is 1. The summed E-state index contributed by atoms with van der Waals surface area (Å²) in [5.74, 6) is -0.0610. The Morgan fingerprint density at radius 2 is 2.13 bits per heavy atom. The van der Waals surface area contributed by atoms with Crippen molar-refractivity contribution < 1.29 is 19.1 Å². The van der Waals surface area contributed by atoms with E-state index in [1.165, 1.54) is 7.11 Å². The molecule has 7 nitrogen and oxygen atoms in total. The summed E-state index contributed by atoms with van der Waals surface area (Å²) in [7, 11) is 1.48. The molecular formula is C16H23N3O4. The average Bonchev–Trinajstić information content (AvgIpc) is 2.45. The van der Waals surface area contributed by atoms with Crippen molar-refractivity contribution >= 4 is 17.6 Å². The molecule has 1 aromatic heterocycles. The minimum absolute atomic E-state index is 0.0659. The lowest BCUT2D eigenvalue weighted by Gasteiger charge is -2.33. The van der Waals surface area contributed by atoms with Gasteiger partial charge in [0.25, 0.3) is 0 Å². The van der Waals surface area contributed by atoms with Gasteiger partial charge in [-0.05, 0) is 32.4 Å². The number of methoxy groups -OCH3 is 1. The third-order valence-corrected chi connectivity index (χ3v) is 3.57. The van der Waals surface area contributed by atoms with E-state index in [0.29, 0.717) is 23.7 Å². The quantitative estimate of drug-likeness (QED) is 0.895. The molecule has 23 heavy (non-hydrogen) atoms. The molecular weight excluding hydrogens is 298 g/mol. The first kappa shape index (κ1) is 17.1. The van der Waals surface area contributed by atoms with Gasteiger partial charge >= 0.3 is 6.09 Å². The van der Waals surface area contributed by atoms with Crippen LogP contribution in [0.15, 0.2) is 12.3 Å². The van der Waals surface area contributed by atoms with Crippen LogP contribution in [-0.2, 0) is 9.53 Å². The zero-order chi connectivity index (χ0) is 17.2. The van der Waals surface area contributed by atoms with Crippen molar-refractivity contribution in [3.8, 4) is 5.88 Å². The third kappa shape index (κ3) is 4.12. The molecule has 1 unspecified atom stereocenters. The molecule has 0 bridgehead atoms. The van der Waals surface area contributed by atoms with Crippen molar-refractivity contribution in [2.45, 2.75) is 38.7 Å². The van der Waals surface area contributed by atoms with Crippen molar-refractivity contribution in [3.05, 3.63) is 17.8 Å². The Morgan fingerprint density at radius 1 is 1.43 bits per heavy atom. The summed E-state index contributed by atoms with van der Waals surface area (Å²) in [6.45, 7) is 6.06. The molecule has 0 aliphatic carbocycles. The number of rotatable bonds is 2. The summed E-state index contributed by atoms with van der Waals surface area (Å²) in [6.07, 6.45) is 1.44. The summed E-state index contributed by atoms with van der Waals surface area (Å²) < 4.78 is 10.4. The van der Waals surface area contributed by atoms with Gasteiger partial charge in [-0.15, -0.1) is 0 Å². The highest BCUT2D eigenvalue weighted by Gasteiger charge is 2.33. The lowest BCUT2D eigenvalue weighted by atomic mass is 9.90. The van der Waals surface area contributed by atoms with Crippen LogP contribution >= 0.6 is 0 Å². The topological polar surface area (TPSA) is 94.7 Å². The second kappa shape index (κ2) is 6.44. The van der Waals surface area contributed by atoms with E-state index < -0.39 is 17.6 Å². The number of nitrogens with zero attached hydrogens (tertiary/aromatic N) is 2. The molecule has 1 aliphatic rings. The number of pyridine rings is 1. The number of likely N-dealkylation sites (tertiary alicyclic amines) is 1. The highest BCUT2D eigenvalue weighted by molar-refractivity contribution is 5.88. The number of ketones is 1. The molecule has 1 atom stereocenters. The Morgan fingerprint density at radius 3 is 2.70 bits per heavy atom. The van der Waals surface area contributed by atoms with Crippen LogP contribution < -0.4 is 10.5 Å². The van der Waals surface area contributed by atoms with Gasteiger partial charge in [-0.3, -0.25) is 4.79 Å². The highest BCUT2D eigenvalue weighted by Crippen LogP contribution is 2.28. The number of nitrogen functional groups attached to an aromatic ring is 1. The Balaban J connectivity index is 2.16. The fourth-order valence-electron chi connectivity index (χ4n) is 2.46. The molecule has 1 saturated heterocycles. The number of anilines is 1. The second-order valence-corrected chi connectivity index (χ2v) is 6.56. The molecule has 1 aliphatic heterocycles. The molecule has 126 valence electrons. The molecule has 1 aromatic rings. The fraction of sp³-hybridized carbons (Fsp3) is 0.562. The van der Waals surface area contributed by atoms with Gasteiger partial charge in [0.05, 0.1) is 18.7 Å². The van der Waals surface area contributed by atoms with Crippen molar-refractivity contribution in [3.63, 3.8) is 0 Å². The van der Waals surface area contributed by atoms with Crippen LogP contribution in [0.3, 0.4) is 0 Å². The number of hydrogen-bond acceptors (Lipinski definition) is 6. The van der Waals surface area contributed by atoms with Crippen LogP contribution in [0, 0.1) is 0 Å². The maximum atomic E-state index is 12.2. The summed E-state index contributed by atoms with van der Waals surface area (Å²) in [4.78, 5) is 30.1. The Bertz CT molecular complexity index is 610. The van der Waals surface area contributed by atoms with Crippen LogP contribution in [0.5, 0.6) is 5.88 Å². The fourth-order valence-corrected chi connectivity index (χ4v) is 2.46. The van der Waals surface area contributed by atoms with Crippen molar-refractivity contribution in [2.75, 3.05) is 25.9 Å². The Kier molecular flexibility index (Phi) is 4.77. The molecule has 2 rings (SSSR count). The molecule has 1 fully saturated rings. The molecule has 0 aromatic carbocycles. The molecule has 7 heteroatoms. The molecule has 0 radical (unpaired) electrons. The van der Waals surface area contributed by atoms with E-state index in [0.717, 1.165) is 0 Å². The maximum absolute atomic E-state index is 12.2. The van der Waals surface area contributed by atoms with Crippen molar-refractivity contribution in [2.24, 2.45) is 0 Å². The van der Waals surface area contributed by atoms with Crippen molar-refractivity contribution in [1.29, 1.82) is 0 Å². The largest absolute Gasteiger partial charge is 0.480 e. The second-order valence-electron chi connectivity index (χ2n) is 6.56. The normalized spacial score (nSPS) is 18.7. The van der Waals surface area contributed by atoms with E-state index in [1.54, 1.807) is 17.2 Å². The van der Waals surface area contributed by atoms with E-state index >= 15 is 0 Å². The first-order valence-corrected chi connectivity index (χ1v) is 7.51. The van der Waals surface area contributed by atoms with Gasteiger partial charge in [-0.1, -0.05) is 0 Å². The van der Waals surface area contributed by atoms with Gasteiger partial charge in [0, 0.05) is 25.7 Å². The number of Topliss-reactive ketones (excluding diaryl/α,β-unsaturated/α-hetero) is 1. The SMILES string of the molecule is COc1ncc(C2CN(C(=O)OC(C)(C)C)CCC2=O)cc1N. The molecule has 0 saturated carbocycles. The number of carbonyl (C=O) groups is 2. The van der Waals surface area contributed by atoms with Crippen LogP contribution in [-0.4, -0.2) is 47.6 Å². The average molecular weight is 321 g/mol. The standard InChI is InChI=1S/C16H23N3O4/c1-16(2,3)23-15(21)19-6-5-13(20)11(9-19)10-7-12(17)14(22-4)18-8-10/h7-8,11H,5-6,9,17H2,1-4H3. The molecule has 0 spiro atoms.